The molecule has 0 saturated carbocycles. The first-order chi connectivity index (χ1) is 12.3. The van der Waals surface area contributed by atoms with Gasteiger partial charge in [0.2, 0.25) is 0 Å². The van der Waals surface area contributed by atoms with Crippen LogP contribution in [0, 0.1) is 5.92 Å². The Hall–Kier alpha value is -1.65. The highest BCUT2D eigenvalue weighted by atomic mass is 32.1. The molecule has 3 heterocycles. The third-order valence-electron chi connectivity index (χ3n) is 5.81. The minimum atomic E-state index is 0.206. The number of rotatable bonds is 4. The molecule has 2 aromatic rings. The fourth-order valence-electron chi connectivity index (χ4n) is 4.64. The first-order valence-electron chi connectivity index (χ1n) is 9.38. The van der Waals surface area contributed by atoms with Gasteiger partial charge < -0.3 is 9.80 Å². The van der Waals surface area contributed by atoms with E-state index >= 15 is 0 Å². The van der Waals surface area contributed by atoms with Gasteiger partial charge in [0.25, 0.3) is 5.91 Å². The van der Waals surface area contributed by atoms with E-state index in [4.69, 9.17) is 0 Å². The van der Waals surface area contributed by atoms with Gasteiger partial charge >= 0.3 is 0 Å². The van der Waals surface area contributed by atoms with Crippen LogP contribution in [0.1, 0.15) is 41.6 Å². The molecule has 0 aliphatic carbocycles. The van der Waals surface area contributed by atoms with Crippen LogP contribution in [0.5, 0.6) is 0 Å². The first kappa shape index (κ1) is 16.8. The van der Waals surface area contributed by atoms with Crippen LogP contribution >= 0.6 is 11.3 Å². The molecule has 2 aliphatic rings. The molecule has 3 nitrogen and oxygen atoms in total. The lowest BCUT2D eigenvalue weighted by atomic mass is 9.82. The van der Waals surface area contributed by atoms with E-state index in [0.717, 1.165) is 31.6 Å². The van der Waals surface area contributed by atoms with Crippen LogP contribution in [-0.4, -0.2) is 47.9 Å². The summed E-state index contributed by atoms with van der Waals surface area (Å²) in [6.07, 6.45) is 2.30. The normalized spacial score (nSPS) is 26.6. The second-order valence-corrected chi connectivity index (χ2v) is 8.09. The summed E-state index contributed by atoms with van der Waals surface area (Å²) in [5, 5.41) is 4.44. The van der Waals surface area contributed by atoms with E-state index in [-0.39, 0.29) is 5.91 Å². The van der Waals surface area contributed by atoms with Crippen LogP contribution in [0.4, 0.5) is 0 Å². The predicted molar refractivity (Wildman–Crippen MR) is 103 cm³/mol. The summed E-state index contributed by atoms with van der Waals surface area (Å²) in [5.41, 5.74) is 2.24. The lowest BCUT2D eigenvalue weighted by Crippen LogP contribution is -2.48. The van der Waals surface area contributed by atoms with E-state index in [9.17, 15) is 4.79 Å². The molecule has 132 valence electrons. The van der Waals surface area contributed by atoms with Crippen molar-refractivity contribution in [2.45, 2.75) is 31.7 Å². The molecule has 0 unspecified atom stereocenters. The van der Waals surface area contributed by atoms with Gasteiger partial charge in [-0.2, -0.15) is 11.3 Å². The number of carbonyl (C=O) groups is 1. The molecule has 3 atom stereocenters. The summed E-state index contributed by atoms with van der Waals surface area (Å²) in [5.74, 6) is 1.24. The second-order valence-electron chi connectivity index (χ2n) is 7.31. The number of fused-ring (bicyclic) bond motifs is 1. The molecule has 4 heteroatoms. The van der Waals surface area contributed by atoms with Crippen molar-refractivity contribution in [1.82, 2.24) is 9.80 Å². The zero-order valence-corrected chi connectivity index (χ0v) is 15.6. The first-order valence-corrected chi connectivity index (χ1v) is 10.3. The topological polar surface area (TPSA) is 23.6 Å². The lowest BCUT2D eigenvalue weighted by molar-refractivity contribution is 0.0623. The molecule has 0 N–H and O–H groups in total. The fourth-order valence-corrected chi connectivity index (χ4v) is 5.37. The van der Waals surface area contributed by atoms with Gasteiger partial charge in [0, 0.05) is 43.1 Å². The molecule has 2 saturated heterocycles. The van der Waals surface area contributed by atoms with Crippen LogP contribution < -0.4 is 0 Å². The largest absolute Gasteiger partial charge is 0.335 e. The van der Waals surface area contributed by atoms with Gasteiger partial charge in [-0.05, 0) is 53.9 Å². The quantitative estimate of drug-likeness (QED) is 0.826. The van der Waals surface area contributed by atoms with E-state index < -0.39 is 0 Å². The minimum Gasteiger partial charge on any atom is -0.335 e. The Morgan fingerprint density at radius 1 is 1.20 bits per heavy atom. The van der Waals surface area contributed by atoms with E-state index in [0.29, 0.717) is 17.9 Å². The minimum absolute atomic E-state index is 0.206. The van der Waals surface area contributed by atoms with Crippen LogP contribution in [-0.2, 0) is 0 Å². The van der Waals surface area contributed by atoms with Crippen molar-refractivity contribution in [2.24, 2.45) is 5.92 Å². The summed E-state index contributed by atoms with van der Waals surface area (Å²) in [6, 6.07) is 12.4. The number of amides is 1. The zero-order valence-electron chi connectivity index (χ0n) is 14.8. The molecule has 1 aromatic carbocycles. The van der Waals surface area contributed by atoms with Gasteiger partial charge in [-0.15, -0.1) is 0 Å². The summed E-state index contributed by atoms with van der Waals surface area (Å²) >= 11 is 1.77. The lowest BCUT2D eigenvalue weighted by Gasteiger charge is -2.38. The Bertz CT molecular complexity index is 700. The van der Waals surface area contributed by atoms with Gasteiger partial charge in [-0.3, -0.25) is 4.79 Å². The zero-order chi connectivity index (χ0) is 17.2. The number of thiophene rings is 1. The summed E-state index contributed by atoms with van der Waals surface area (Å²) < 4.78 is 0. The molecule has 1 amide bonds. The third-order valence-corrected chi connectivity index (χ3v) is 6.51. The van der Waals surface area contributed by atoms with Crippen LogP contribution in [0.15, 0.2) is 47.2 Å². The van der Waals surface area contributed by atoms with Crippen molar-refractivity contribution >= 4 is 17.2 Å². The highest BCUT2D eigenvalue weighted by Crippen LogP contribution is 2.42. The van der Waals surface area contributed by atoms with Gasteiger partial charge in [-0.1, -0.05) is 25.1 Å². The predicted octanol–water partition coefficient (Wildman–Crippen LogP) is 4.09. The maximum absolute atomic E-state index is 13.1. The molecule has 0 radical (unpaired) electrons. The standard InChI is InChI=1S/C21H26N2OS/c1-2-10-22-11-8-20-19(13-22)18(17-9-12-25-15-17)14-23(20)21(24)16-6-4-3-5-7-16/h3-7,9,12,15,18-20H,2,8,10-11,13-14H2,1H3/t18-,19-,20-/m1/s1. The monoisotopic (exact) mass is 354 g/mol. The molecule has 2 aliphatic heterocycles. The maximum atomic E-state index is 13.1. The van der Waals surface area contributed by atoms with E-state index in [2.05, 4.69) is 33.6 Å². The van der Waals surface area contributed by atoms with Gasteiger partial charge in [-0.25, -0.2) is 0 Å². The number of hydrogen-bond acceptors (Lipinski definition) is 3. The average Bonchev–Trinajstić information content (AvgIpc) is 3.29. The smallest absolute Gasteiger partial charge is 0.254 e. The second kappa shape index (κ2) is 7.30. The Labute approximate surface area is 154 Å². The molecule has 25 heavy (non-hydrogen) atoms. The number of nitrogens with zero attached hydrogens (tertiary/aromatic N) is 2. The highest BCUT2D eigenvalue weighted by molar-refractivity contribution is 7.08. The molecular weight excluding hydrogens is 328 g/mol. The molecule has 1 aromatic heterocycles. The average molecular weight is 355 g/mol. The Balaban J connectivity index is 1.61. The van der Waals surface area contributed by atoms with Crippen LogP contribution in [0.25, 0.3) is 0 Å². The van der Waals surface area contributed by atoms with E-state index in [1.807, 2.05) is 30.3 Å². The van der Waals surface area contributed by atoms with E-state index in [1.165, 1.54) is 18.5 Å². The molecular formula is C21H26N2OS. The molecule has 4 rings (SSSR count). The van der Waals surface area contributed by atoms with Gasteiger partial charge in [0.1, 0.15) is 0 Å². The number of piperidine rings is 1. The fraction of sp³-hybridized carbons (Fsp3) is 0.476. The van der Waals surface area contributed by atoms with E-state index in [1.54, 1.807) is 11.3 Å². The molecule has 0 spiro atoms. The summed E-state index contributed by atoms with van der Waals surface area (Å²) in [4.78, 5) is 17.9. The van der Waals surface area contributed by atoms with Crippen molar-refractivity contribution in [3.63, 3.8) is 0 Å². The highest BCUT2D eigenvalue weighted by Gasteiger charge is 2.46. The number of benzene rings is 1. The maximum Gasteiger partial charge on any atom is 0.254 e. The molecule has 2 fully saturated rings. The number of carbonyl (C=O) groups excluding carboxylic acids is 1. The summed E-state index contributed by atoms with van der Waals surface area (Å²) in [7, 11) is 0. The van der Waals surface area contributed by atoms with Crippen molar-refractivity contribution < 1.29 is 4.79 Å². The van der Waals surface area contributed by atoms with Gasteiger partial charge in [0.15, 0.2) is 0 Å². The van der Waals surface area contributed by atoms with Crippen molar-refractivity contribution in [3.05, 3.63) is 58.3 Å². The molecule has 0 bridgehead atoms. The summed E-state index contributed by atoms with van der Waals surface area (Å²) in [6.45, 7) is 6.52. The Kier molecular flexibility index (Phi) is 4.91. The Morgan fingerprint density at radius 2 is 2.04 bits per heavy atom. The van der Waals surface area contributed by atoms with Crippen LogP contribution in [0.2, 0.25) is 0 Å². The third kappa shape index (κ3) is 3.25. The number of likely N-dealkylation sites (tertiary alicyclic amines) is 2. The van der Waals surface area contributed by atoms with Crippen molar-refractivity contribution in [1.29, 1.82) is 0 Å². The SMILES string of the molecule is CCCN1CC[C@@H]2[C@H](C1)[C@@H](c1ccsc1)CN2C(=O)c1ccccc1. The van der Waals surface area contributed by atoms with Crippen molar-refractivity contribution in [3.8, 4) is 0 Å². The van der Waals surface area contributed by atoms with Crippen molar-refractivity contribution in [2.75, 3.05) is 26.2 Å². The van der Waals surface area contributed by atoms with Crippen LogP contribution in [0.3, 0.4) is 0 Å². The Morgan fingerprint density at radius 3 is 2.76 bits per heavy atom. The van der Waals surface area contributed by atoms with Gasteiger partial charge in [0.05, 0.1) is 0 Å². The number of hydrogen-bond donors (Lipinski definition) is 0.